The van der Waals surface area contributed by atoms with Gasteiger partial charge in [0.1, 0.15) is 5.01 Å². The molecule has 0 fully saturated rings. The standard InChI is InChI=1S/C12H14ClN3S/c1-12(2,11-15-5-6-17-11)16-10-4-3-8(14)7-9(10)13/h3-7,16H,14H2,1-2H3. The van der Waals surface area contributed by atoms with Gasteiger partial charge in [-0.25, -0.2) is 4.98 Å². The van der Waals surface area contributed by atoms with Crippen LogP contribution in [0.25, 0.3) is 0 Å². The van der Waals surface area contributed by atoms with E-state index in [0.29, 0.717) is 10.7 Å². The van der Waals surface area contributed by atoms with Gasteiger partial charge in [-0.2, -0.15) is 0 Å². The Balaban J connectivity index is 2.26. The summed E-state index contributed by atoms with van der Waals surface area (Å²) in [5.41, 5.74) is 6.93. The number of benzene rings is 1. The van der Waals surface area contributed by atoms with E-state index in [2.05, 4.69) is 24.1 Å². The van der Waals surface area contributed by atoms with Crippen LogP contribution in [0.15, 0.2) is 29.8 Å². The fourth-order valence-electron chi connectivity index (χ4n) is 1.55. The van der Waals surface area contributed by atoms with Crippen molar-refractivity contribution in [2.24, 2.45) is 0 Å². The average molecular weight is 268 g/mol. The van der Waals surface area contributed by atoms with E-state index < -0.39 is 0 Å². The van der Waals surface area contributed by atoms with Crippen LogP contribution in [0, 0.1) is 0 Å². The monoisotopic (exact) mass is 267 g/mol. The summed E-state index contributed by atoms with van der Waals surface area (Å²) >= 11 is 7.75. The summed E-state index contributed by atoms with van der Waals surface area (Å²) in [7, 11) is 0. The molecule has 0 saturated carbocycles. The van der Waals surface area contributed by atoms with E-state index in [1.54, 1.807) is 23.6 Å². The largest absolute Gasteiger partial charge is 0.399 e. The number of nitrogens with two attached hydrogens (primary N) is 1. The van der Waals surface area contributed by atoms with Gasteiger partial charge < -0.3 is 11.1 Å². The summed E-state index contributed by atoms with van der Waals surface area (Å²) < 4.78 is 0. The maximum atomic E-state index is 6.14. The van der Waals surface area contributed by atoms with Crippen LogP contribution in [0.1, 0.15) is 18.9 Å². The molecule has 3 nitrogen and oxygen atoms in total. The molecular formula is C12H14ClN3S. The van der Waals surface area contributed by atoms with Gasteiger partial charge in [-0.05, 0) is 32.0 Å². The number of nitrogens with one attached hydrogen (secondary N) is 1. The van der Waals surface area contributed by atoms with Crippen LogP contribution >= 0.6 is 22.9 Å². The van der Waals surface area contributed by atoms with Crippen LogP contribution in [0.4, 0.5) is 11.4 Å². The molecular weight excluding hydrogens is 254 g/mol. The molecule has 0 bridgehead atoms. The predicted octanol–water partition coefficient (Wildman–Crippen LogP) is 3.73. The number of hydrogen-bond acceptors (Lipinski definition) is 4. The Bertz CT molecular complexity index is 508. The zero-order valence-electron chi connectivity index (χ0n) is 9.70. The molecule has 0 aliphatic carbocycles. The molecule has 0 unspecified atom stereocenters. The van der Waals surface area contributed by atoms with Crippen LogP contribution in [0.3, 0.4) is 0 Å². The van der Waals surface area contributed by atoms with E-state index in [1.165, 1.54) is 0 Å². The van der Waals surface area contributed by atoms with Gasteiger partial charge in [0.05, 0.1) is 16.2 Å². The fourth-order valence-corrected chi connectivity index (χ4v) is 2.51. The second-order valence-electron chi connectivity index (χ2n) is 4.33. The zero-order valence-corrected chi connectivity index (χ0v) is 11.3. The second-order valence-corrected chi connectivity index (χ2v) is 5.63. The minimum atomic E-state index is -0.256. The Morgan fingerprint density at radius 1 is 1.41 bits per heavy atom. The van der Waals surface area contributed by atoms with Crippen LogP contribution < -0.4 is 11.1 Å². The first-order valence-electron chi connectivity index (χ1n) is 5.22. The number of anilines is 2. The molecule has 5 heteroatoms. The molecule has 0 aliphatic heterocycles. The summed E-state index contributed by atoms with van der Waals surface area (Å²) in [4.78, 5) is 4.32. The number of aromatic nitrogens is 1. The van der Waals surface area contributed by atoms with E-state index in [4.69, 9.17) is 17.3 Å². The van der Waals surface area contributed by atoms with E-state index in [1.807, 2.05) is 17.5 Å². The average Bonchev–Trinajstić information content (AvgIpc) is 2.76. The lowest BCUT2D eigenvalue weighted by atomic mass is 10.1. The molecule has 0 spiro atoms. The Hall–Kier alpha value is -1.26. The first-order chi connectivity index (χ1) is 7.99. The zero-order chi connectivity index (χ0) is 12.5. The molecule has 1 heterocycles. The van der Waals surface area contributed by atoms with Crippen LogP contribution in [-0.2, 0) is 5.54 Å². The first-order valence-corrected chi connectivity index (χ1v) is 6.48. The number of nitrogen functional groups attached to an aromatic ring is 1. The smallest absolute Gasteiger partial charge is 0.117 e. The third-order valence-electron chi connectivity index (χ3n) is 2.41. The van der Waals surface area contributed by atoms with Crippen molar-refractivity contribution in [3.63, 3.8) is 0 Å². The molecule has 0 amide bonds. The molecule has 1 aromatic heterocycles. The normalized spacial score (nSPS) is 11.5. The summed E-state index contributed by atoms with van der Waals surface area (Å²) in [6.07, 6.45) is 1.80. The van der Waals surface area contributed by atoms with Crippen molar-refractivity contribution in [2.75, 3.05) is 11.1 Å². The summed E-state index contributed by atoms with van der Waals surface area (Å²) in [6, 6.07) is 5.45. The van der Waals surface area contributed by atoms with Crippen molar-refractivity contribution < 1.29 is 0 Å². The lowest BCUT2D eigenvalue weighted by Crippen LogP contribution is -2.27. The van der Waals surface area contributed by atoms with Gasteiger partial charge in [-0.15, -0.1) is 11.3 Å². The molecule has 2 rings (SSSR count). The Kier molecular flexibility index (Phi) is 3.26. The van der Waals surface area contributed by atoms with Crippen LogP contribution in [0.5, 0.6) is 0 Å². The summed E-state index contributed by atoms with van der Waals surface area (Å²) in [5.74, 6) is 0. The van der Waals surface area contributed by atoms with Gasteiger partial charge in [0.25, 0.3) is 0 Å². The quantitative estimate of drug-likeness (QED) is 0.833. The van der Waals surface area contributed by atoms with E-state index in [0.717, 1.165) is 10.7 Å². The molecule has 2 aromatic rings. The molecule has 90 valence electrons. The van der Waals surface area contributed by atoms with Gasteiger partial charge >= 0.3 is 0 Å². The molecule has 3 N–H and O–H groups in total. The molecule has 1 aromatic carbocycles. The SMILES string of the molecule is CC(C)(Nc1ccc(N)cc1Cl)c1nccs1. The predicted molar refractivity (Wildman–Crippen MR) is 74.6 cm³/mol. The number of nitrogens with zero attached hydrogens (tertiary/aromatic N) is 1. The lowest BCUT2D eigenvalue weighted by Gasteiger charge is -2.25. The second kappa shape index (κ2) is 4.55. The Labute approximate surface area is 110 Å². The molecule has 0 aliphatic rings. The highest BCUT2D eigenvalue weighted by molar-refractivity contribution is 7.09. The van der Waals surface area contributed by atoms with Gasteiger partial charge in [-0.1, -0.05) is 11.6 Å². The topological polar surface area (TPSA) is 50.9 Å². The highest BCUT2D eigenvalue weighted by Gasteiger charge is 2.23. The fraction of sp³-hybridized carbons (Fsp3) is 0.250. The highest BCUT2D eigenvalue weighted by Crippen LogP contribution is 2.31. The van der Waals surface area contributed by atoms with Crippen molar-refractivity contribution in [3.8, 4) is 0 Å². The van der Waals surface area contributed by atoms with E-state index >= 15 is 0 Å². The van der Waals surface area contributed by atoms with Gasteiger partial charge in [0.15, 0.2) is 0 Å². The van der Waals surface area contributed by atoms with Gasteiger partial charge in [0, 0.05) is 17.3 Å². The van der Waals surface area contributed by atoms with Gasteiger partial charge in [0.2, 0.25) is 0 Å². The van der Waals surface area contributed by atoms with E-state index in [9.17, 15) is 0 Å². The highest BCUT2D eigenvalue weighted by atomic mass is 35.5. The summed E-state index contributed by atoms with van der Waals surface area (Å²) in [6.45, 7) is 4.14. The number of thiazole rings is 1. The minimum Gasteiger partial charge on any atom is -0.399 e. The number of rotatable bonds is 3. The molecule has 0 saturated heterocycles. The van der Waals surface area contributed by atoms with Gasteiger partial charge in [-0.3, -0.25) is 0 Å². The number of hydrogen-bond donors (Lipinski definition) is 2. The van der Waals surface area contributed by atoms with Crippen molar-refractivity contribution in [1.29, 1.82) is 0 Å². The van der Waals surface area contributed by atoms with Crippen molar-refractivity contribution in [2.45, 2.75) is 19.4 Å². The van der Waals surface area contributed by atoms with Crippen molar-refractivity contribution in [3.05, 3.63) is 39.8 Å². The maximum absolute atomic E-state index is 6.14. The molecule has 0 radical (unpaired) electrons. The Morgan fingerprint density at radius 2 is 2.18 bits per heavy atom. The van der Waals surface area contributed by atoms with Crippen LogP contribution in [-0.4, -0.2) is 4.98 Å². The Morgan fingerprint density at radius 3 is 2.76 bits per heavy atom. The van der Waals surface area contributed by atoms with Crippen molar-refractivity contribution >= 4 is 34.3 Å². The third-order valence-corrected chi connectivity index (χ3v) is 3.82. The van der Waals surface area contributed by atoms with Crippen molar-refractivity contribution in [1.82, 2.24) is 4.98 Å². The number of halogens is 1. The van der Waals surface area contributed by atoms with E-state index in [-0.39, 0.29) is 5.54 Å². The first kappa shape index (κ1) is 12.2. The molecule has 0 atom stereocenters. The maximum Gasteiger partial charge on any atom is 0.117 e. The summed E-state index contributed by atoms with van der Waals surface area (Å²) in [5, 5.41) is 6.98. The minimum absolute atomic E-state index is 0.256. The van der Waals surface area contributed by atoms with Crippen LogP contribution in [0.2, 0.25) is 5.02 Å². The molecule has 17 heavy (non-hydrogen) atoms. The lowest BCUT2D eigenvalue weighted by molar-refractivity contribution is 0.604. The third kappa shape index (κ3) is 2.70.